The van der Waals surface area contributed by atoms with Gasteiger partial charge in [-0.3, -0.25) is 14.0 Å². The number of fused-ring (bicyclic) bond motifs is 1. The molecular weight excluding hydrogens is 273 g/mol. The summed E-state index contributed by atoms with van der Waals surface area (Å²) < 4.78 is 16.3. The molecule has 7 heteroatoms. The second-order valence-corrected chi connectivity index (χ2v) is 4.64. The number of benzene rings is 1. The van der Waals surface area contributed by atoms with Gasteiger partial charge in [0, 0.05) is 7.05 Å². The third-order valence-electron chi connectivity index (χ3n) is 3.16. The maximum atomic E-state index is 13.4. The van der Waals surface area contributed by atoms with Gasteiger partial charge >= 0.3 is 0 Å². The minimum Gasteiger partial charge on any atom is -0.294 e. The molecule has 0 radical (unpaired) electrons. The van der Waals surface area contributed by atoms with Crippen molar-refractivity contribution in [3.63, 3.8) is 0 Å². The lowest BCUT2D eigenvalue weighted by molar-refractivity contribution is 0.622. The van der Waals surface area contributed by atoms with Crippen LogP contribution in [-0.2, 0) is 13.6 Å². The molecule has 0 aliphatic heterocycles. The van der Waals surface area contributed by atoms with Crippen molar-refractivity contribution in [2.75, 3.05) is 0 Å². The first kappa shape index (κ1) is 13.0. The summed E-state index contributed by atoms with van der Waals surface area (Å²) >= 11 is 0. The molecule has 0 unspecified atom stereocenters. The minimum absolute atomic E-state index is 0.142. The second kappa shape index (κ2) is 4.83. The van der Waals surface area contributed by atoms with Crippen LogP contribution in [-0.4, -0.2) is 19.3 Å². The van der Waals surface area contributed by atoms with Gasteiger partial charge in [-0.15, -0.1) is 0 Å². The van der Waals surface area contributed by atoms with Crippen molar-refractivity contribution >= 4 is 11.0 Å². The first-order valence-corrected chi connectivity index (χ1v) is 6.15. The topological polar surface area (TPSA) is 76.5 Å². The molecule has 104 valence electrons. The lowest BCUT2D eigenvalue weighted by Gasteiger charge is -2.06. The zero-order chi connectivity index (χ0) is 15.0. The van der Waals surface area contributed by atoms with Gasteiger partial charge in [0.2, 0.25) is 0 Å². The molecule has 21 heavy (non-hydrogen) atoms. The summed E-state index contributed by atoms with van der Waals surface area (Å²) in [4.78, 5) is 16.5. The van der Waals surface area contributed by atoms with Crippen LogP contribution < -0.4 is 5.56 Å². The lowest BCUT2D eigenvalue weighted by Crippen LogP contribution is -2.21. The van der Waals surface area contributed by atoms with Crippen LogP contribution in [0.25, 0.3) is 11.0 Å². The number of nitrogens with zero attached hydrogens (tertiary/aromatic N) is 5. The van der Waals surface area contributed by atoms with E-state index in [4.69, 9.17) is 5.26 Å². The number of aryl methyl sites for hydroxylation is 1. The summed E-state index contributed by atoms with van der Waals surface area (Å²) in [5, 5.41) is 13.2. The van der Waals surface area contributed by atoms with Gasteiger partial charge in [0.15, 0.2) is 5.65 Å². The van der Waals surface area contributed by atoms with E-state index in [1.54, 1.807) is 13.1 Å². The first-order chi connectivity index (χ1) is 10.1. The lowest BCUT2D eigenvalue weighted by atomic mass is 10.1. The van der Waals surface area contributed by atoms with Gasteiger partial charge in [-0.25, -0.2) is 9.37 Å². The molecule has 0 amide bonds. The smallest absolute Gasteiger partial charge is 0.264 e. The van der Waals surface area contributed by atoms with Crippen molar-refractivity contribution in [1.82, 2.24) is 19.3 Å². The number of hydrogen-bond donors (Lipinski definition) is 0. The van der Waals surface area contributed by atoms with E-state index in [1.165, 1.54) is 27.8 Å². The fourth-order valence-electron chi connectivity index (χ4n) is 2.18. The van der Waals surface area contributed by atoms with Crippen molar-refractivity contribution in [1.29, 1.82) is 5.26 Å². The van der Waals surface area contributed by atoms with E-state index in [0.29, 0.717) is 16.6 Å². The highest BCUT2D eigenvalue weighted by Gasteiger charge is 2.09. The zero-order valence-electron chi connectivity index (χ0n) is 11.1. The Balaban J connectivity index is 2.06. The van der Waals surface area contributed by atoms with Crippen LogP contribution in [0.3, 0.4) is 0 Å². The van der Waals surface area contributed by atoms with Gasteiger partial charge in [0.1, 0.15) is 17.5 Å². The Kier molecular flexibility index (Phi) is 2.99. The molecule has 2 heterocycles. The maximum absolute atomic E-state index is 13.4. The molecule has 3 rings (SSSR count). The molecular formula is C14H10FN5O. The van der Waals surface area contributed by atoms with Crippen LogP contribution in [0.15, 0.2) is 35.5 Å². The Morgan fingerprint density at radius 3 is 2.95 bits per heavy atom. The summed E-state index contributed by atoms with van der Waals surface area (Å²) in [5.41, 5.74) is 0.983. The summed E-state index contributed by atoms with van der Waals surface area (Å²) in [6.45, 7) is 0.142. The molecule has 6 nitrogen and oxygen atoms in total. The number of nitriles is 1. The normalized spacial score (nSPS) is 10.7. The Bertz CT molecular complexity index is 935. The van der Waals surface area contributed by atoms with E-state index in [0.717, 1.165) is 6.07 Å². The Hall–Kier alpha value is -3.01. The molecule has 0 atom stereocenters. The van der Waals surface area contributed by atoms with Crippen molar-refractivity contribution in [3.8, 4) is 6.07 Å². The maximum Gasteiger partial charge on any atom is 0.264 e. The summed E-state index contributed by atoms with van der Waals surface area (Å²) in [7, 11) is 1.70. The van der Waals surface area contributed by atoms with E-state index >= 15 is 0 Å². The van der Waals surface area contributed by atoms with E-state index in [-0.39, 0.29) is 17.7 Å². The Labute approximate surface area is 118 Å². The fourth-order valence-corrected chi connectivity index (χ4v) is 2.18. The van der Waals surface area contributed by atoms with E-state index < -0.39 is 5.82 Å². The number of halogens is 1. The predicted octanol–water partition coefficient (Wildman–Crippen LogP) is 1.19. The van der Waals surface area contributed by atoms with Crippen molar-refractivity contribution in [3.05, 3.63) is 58.0 Å². The Morgan fingerprint density at radius 1 is 1.38 bits per heavy atom. The van der Waals surface area contributed by atoms with Crippen LogP contribution in [0.5, 0.6) is 0 Å². The van der Waals surface area contributed by atoms with Crippen LogP contribution in [0.2, 0.25) is 0 Å². The second-order valence-electron chi connectivity index (χ2n) is 4.64. The summed E-state index contributed by atoms with van der Waals surface area (Å²) in [6, 6.07) is 5.87. The van der Waals surface area contributed by atoms with Gasteiger partial charge in [0.25, 0.3) is 5.56 Å². The van der Waals surface area contributed by atoms with Gasteiger partial charge in [-0.1, -0.05) is 0 Å². The molecule has 0 fully saturated rings. The van der Waals surface area contributed by atoms with Gasteiger partial charge < -0.3 is 0 Å². The molecule has 2 aromatic heterocycles. The molecule has 0 aliphatic rings. The quantitative estimate of drug-likeness (QED) is 0.708. The van der Waals surface area contributed by atoms with Crippen LogP contribution in [0.4, 0.5) is 4.39 Å². The zero-order valence-corrected chi connectivity index (χ0v) is 11.1. The van der Waals surface area contributed by atoms with Crippen molar-refractivity contribution < 1.29 is 4.39 Å². The van der Waals surface area contributed by atoms with Gasteiger partial charge in [-0.05, 0) is 23.8 Å². The van der Waals surface area contributed by atoms with E-state index in [1.807, 2.05) is 6.07 Å². The SMILES string of the molecule is Cn1ncc2c(=O)n(Cc3cc(F)cc(C#N)c3)cnc21. The predicted molar refractivity (Wildman–Crippen MR) is 73.0 cm³/mol. The van der Waals surface area contributed by atoms with Crippen molar-refractivity contribution in [2.45, 2.75) is 6.54 Å². The molecule has 0 bridgehead atoms. The number of aromatic nitrogens is 4. The highest BCUT2D eigenvalue weighted by Crippen LogP contribution is 2.10. The average molecular weight is 283 g/mol. The van der Waals surface area contributed by atoms with Crippen LogP contribution >= 0.6 is 0 Å². The molecule has 0 saturated heterocycles. The molecule has 0 aliphatic carbocycles. The van der Waals surface area contributed by atoms with E-state index in [9.17, 15) is 9.18 Å². The highest BCUT2D eigenvalue weighted by atomic mass is 19.1. The van der Waals surface area contributed by atoms with Crippen molar-refractivity contribution in [2.24, 2.45) is 7.05 Å². The Morgan fingerprint density at radius 2 is 2.19 bits per heavy atom. The molecule has 0 N–H and O–H groups in total. The highest BCUT2D eigenvalue weighted by molar-refractivity contribution is 5.72. The van der Waals surface area contributed by atoms with Gasteiger partial charge in [-0.2, -0.15) is 10.4 Å². The van der Waals surface area contributed by atoms with E-state index in [2.05, 4.69) is 10.1 Å². The fraction of sp³-hybridized carbons (Fsp3) is 0.143. The largest absolute Gasteiger partial charge is 0.294 e. The standard InChI is InChI=1S/C14H10FN5O/c1-19-13-12(6-18-19)14(21)20(8-17-13)7-10-2-9(5-16)3-11(15)4-10/h2-4,6,8H,7H2,1H3. The monoisotopic (exact) mass is 283 g/mol. The summed E-state index contributed by atoms with van der Waals surface area (Å²) in [6.07, 6.45) is 2.84. The minimum atomic E-state index is -0.507. The third kappa shape index (κ3) is 2.27. The average Bonchev–Trinajstić information content (AvgIpc) is 2.83. The van der Waals surface area contributed by atoms with Crippen LogP contribution in [0, 0.1) is 17.1 Å². The number of rotatable bonds is 2. The summed E-state index contributed by atoms with van der Waals surface area (Å²) in [5.74, 6) is -0.507. The third-order valence-corrected chi connectivity index (χ3v) is 3.16. The molecule has 0 spiro atoms. The van der Waals surface area contributed by atoms with Gasteiger partial charge in [0.05, 0.1) is 24.4 Å². The molecule has 1 aromatic carbocycles. The first-order valence-electron chi connectivity index (χ1n) is 6.15. The molecule has 3 aromatic rings. The number of hydrogen-bond acceptors (Lipinski definition) is 4. The molecule has 0 saturated carbocycles. The van der Waals surface area contributed by atoms with Crippen LogP contribution in [0.1, 0.15) is 11.1 Å².